The number of carbonyl (C=O) groups is 1. The van der Waals surface area contributed by atoms with Gasteiger partial charge in [0.15, 0.2) is 15.9 Å². The maximum absolute atomic E-state index is 12.9. The molecular formula is C20H31NO4S. The molecule has 0 bridgehead atoms. The Balaban J connectivity index is 2.12. The molecule has 0 aromatic heterocycles. The molecule has 26 heavy (non-hydrogen) atoms. The maximum atomic E-state index is 12.9. The Morgan fingerprint density at radius 2 is 2.04 bits per heavy atom. The first-order valence-electron chi connectivity index (χ1n) is 9.31. The Morgan fingerprint density at radius 1 is 1.35 bits per heavy atom. The Morgan fingerprint density at radius 3 is 2.58 bits per heavy atom. The molecule has 1 saturated heterocycles. The van der Waals surface area contributed by atoms with Gasteiger partial charge in [0, 0.05) is 12.6 Å². The van der Waals surface area contributed by atoms with Gasteiger partial charge in [-0.25, -0.2) is 8.42 Å². The summed E-state index contributed by atoms with van der Waals surface area (Å²) in [5, 5.41) is 0. The summed E-state index contributed by atoms with van der Waals surface area (Å²) in [6, 6.07) is 7.56. The van der Waals surface area contributed by atoms with Crippen molar-refractivity contribution in [3.63, 3.8) is 0 Å². The van der Waals surface area contributed by atoms with E-state index in [4.69, 9.17) is 4.74 Å². The minimum atomic E-state index is -3.03. The van der Waals surface area contributed by atoms with Gasteiger partial charge in [0.25, 0.3) is 5.91 Å². The number of hydrogen-bond acceptors (Lipinski definition) is 4. The molecule has 5 nitrogen and oxygen atoms in total. The van der Waals surface area contributed by atoms with Crippen LogP contribution in [0.4, 0.5) is 0 Å². The fourth-order valence-electron chi connectivity index (χ4n) is 3.26. The van der Waals surface area contributed by atoms with E-state index in [0.717, 1.165) is 12.0 Å². The number of benzene rings is 1. The van der Waals surface area contributed by atoms with Crippen molar-refractivity contribution in [2.75, 3.05) is 18.1 Å². The Hall–Kier alpha value is -1.56. The monoisotopic (exact) mass is 381 g/mol. The molecule has 1 amide bonds. The van der Waals surface area contributed by atoms with Gasteiger partial charge in [-0.3, -0.25) is 4.79 Å². The number of nitrogens with zero attached hydrogens (tertiary/aromatic N) is 1. The predicted octanol–water partition coefficient (Wildman–Crippen LogP) is 3.18. The van der Waals surface area contributed by atoms with Crippen LogP contribution in [0.25, 0.3) is 0 Å². The van der Waals surface area contributed by atoms with Crippen molar-refractivity contribution in [3.8, 4) is 5.75 Å². The van der Waals surface area contributed by atoms with Gasteiger partial charge in [-0.1, -0.05) is 39.8 Å². The van der Waals surface area contributed by atoms with E-state index in [2.05, 4.69) is 20.8 Å². The summed E-state index contributed by atoms with van der Waals surface area (Å²) >= 11 is 0. The number of ether oxygens (including phenoxy) is 1. The number of hydrogen-bond donors (Lipinski definition) is 0. The molecule has 6 heteroatoms. The lowest BCUT2D eigenvalue weighted by Gasteiger charge is -2.30. The fraction of sp³-hybridized carbons (Fsp3) is 0.650. The van der Waals surface area contributed by atoms with Crippen LogP contribution >= 0.6 is 0 Å². The predicted molar refractivity (Wildman–Crippen MR) is 104 cm³/mol. The highest BCUT2D eigenvalue weighted by molar-refractivity contribution is 7.91. The summed E-state index contributed by atoms with van der Waals surface area (Å²) in [6.07, 6.45) is 0.648. The molecule has 1 aromatic carbocycles. The molecule has 1 aliphatic rings. The second-order valence-corrected chi connectivity index (χ2v) is 10.4. The third-order valence-corrected chi connectivity index (χ3v) is 6.51. The molecule has 1 aliphatic heterocycles. The van der Waals surface area contributed by atoms with Gasteiger partial charge in [0.2, 0.25) is 0 Å². The van der Waals surface area contributed by atoms with Crippen LogP contribution in [0.2, 0.25) is 0 Å². The lowest BCUT2D eigenvalue weighted by molar-refractivity contribution is -0.139. The zero-order valence-electron chi connectivity index (χ0n) is 16.5. The zero-order chi connectivity index (χ0) is 19.5. The van der Waals surface area contributed by atoms with Gasteiger partial charge in [0.05, 0.1) is 11.5 Å². The molecule has 1 heterocycles. The number of sulfone groups is 1. The summed E-state index contributed by atoms with van der Waals surface area (Å²) in [5.41, 5.74) is 1.14. The highest BCUT2D eigenvalue weighted by atomic mass is 32.2. The summed E-state index contributed by atoms with van der Waals surface area (Å²) in [7, 11) is -3.03. The zero-order valence-corrected chi connectivity index (χ0v) is 17.3. The largest absolute Gasteiger partial charge is 0.481 e. The van der Waals surface area contributed by atoms with E-state index < -0.39 is 15.9 Å². The van der Waals surface area contributed by atoms with Crippen molar-refractivity contribution in [3.05, 3.63) is 29.8 Å². The number of carbonyl (C=O) groups excluding carboxylic acids is 1. The van der Waals surface area contributed by atoms with E-state index in [1.807, 2.05) is 31.2 Å². The van der Waals surface area contributed by atoms with Crippen molar-refractivity contribution >= 4 is 15.7 Å². The lowest BCUT2D eigenvalue weighted by Crippen LogP contribution is -2.47. The van der Waals surface area contributed by atoms with Crippen LogP contribution in [0, 0.1) is 0 Å². The topological polar surface area (TPSA) is 63.7 Å². The van der Waals surface area contributed by atoms with Crippen LogP contribution in [0.15, 0.2) is 24.3 Å². The molecule has 0 N–H and O–H groups in total. The molecule has 1 fully saturated rings. The van der Waals surface area contributed by atoms with Crippen LogP contribution in [-0.2, 0) is 20.0 Å². The van der Waals surface area contributed by atoms with Gasteiger partial charge in [-0.2, -0.15) is 0 Å². The number of rotatable bonds is 6. The molecule has 0 aliphatic carbocycles. The van der Waals surface area contributed by atoms with E-state index in [9.17, 15) is 13.2 Å². The van der Waals surface area contributed by atoms with Crippen molar-refractivity contribution in [2.45, 2.75) is 65.0 Å². The molecule has 2 rings (SSSR count). The van der Waals surface area contributed by atoms with E-state index in [1.54, 1.807) is 11.8 Å². The average Bonchev–Trinajstić information content (AvgIpc) is 2.91. The van der Waals surface area contributed by atoms with E-state index >= 15 is 0 Å². The lowest BCUT2D eigenvalue weighted by atomic mass is 9.87. The fourth-order valence-corrected chi connectivity index (χ4v) is 4.99. The minimum absolute atomic E-state index is 0.000923. The maximum Gasteiger partial charge on any atom is 0.263 e. The van der Waals surface area contributed by atoms with Crippen LogP contribution in [0.5, 0.6) is 5.75 Å². The SMILES string of the molecule is CCCN(C(=O)C(C)Oc1cccc(C(C)(C)C)c1)C1CCS(=O)(=O)C1. The third kappa shape index (κ3) is 5.22. The Kier molecular flexibility index (Phi) is 6.37. The van der Waals surface area contributed by atoms with Gasteiger partial charge in [-0.05, 0) is 42.9 Å². The molecule has 2 unspecified atom stereocenters. The van der Waals surface area contributed by atoms with Crippen molar-refractivity contribution < 1.29 is 17.9 Å². The van der Waals surface area contributed by atoms with E-state index in [1.165, 1.54) is 0 Å². The summed E-state index contributed by atoms with van der Waals surface area (Å²) < 4.78 is 29.5. The smallest absolute Gasteiger partial charge is 0.263 e. The van der Waals surface area contributed by atoms with Crippen molar-refractivity contribution in [2.24, 2.45) is 0 Å². The van der Waals surface area contributed by atoms with Crippen LogP contribution in [0.1, 0.15) is 53.0 Å². The first-order chi connectivity index (χ1) is 12.0. The van der Waals surface area contributed by atoms with Gasteiger partial charge in [-0.15, -0.1) is 0 Å². The normalized spacial score (nSPS) is 20.6. The second kappa shape index (κ2) is 7.99. The first-order valence-corrected chi connectivity index (χ1v) is 11.1. The Labute approximate surface area is 157 Å². The molecule has 146 valence electrons. The molecule has 1 aromatic rings. The van der Waals surface area contributed by atoms with Crippen molar-refractivity contribution in [1.82, 2.24) is 4.90 Å². The summed E-state index contributed by atoms with van der Waals surface area (Å²) in [4.78, 5) is 14.6. The third-order valence-electron chi connectivity index (χ3n) is 4.76. The van der Waals surface area contributed by atoms with E-state index in [-0.39, 0.29) is 28.9 Å². The van der Waals surface area contributed by atoms with Crippen molar-refractivity contribution in [1.29, 1.82) is 0 Å². The molecule has 0 radical (unpaired) electrons. The average molecular weight is 382 g/mol. The van der Waals surface area contributed by atoms with Crippen LogP contribution < -0.4 is 4.74 Å². The van der Waals surface area contributed by atoms with Gasteiger partial charge >= 0.3 is 0 Å². The summed E-state index contributed by atoms with van der Waals surface area (Å²) in [5.74, 6) is 0.739. The number of amides is 1. The highest BCUT2D eigenvalue weighted by Crippen LogP contribution is 2.26. The Bertz CT molecular complexity index is 736. The standard InChI is InChI=1S/C20H31NO4S/c1-6-11-21(17-10-12-26(23,24)14-17)19(22)15(2)25-18-9-7-8-16(13-18)20(3,4)5/h7-9,13,15,17H,6,10-12,14H2,1-5H3. The molecular weight excluding hydrogens is 350 g/mol. The summed E-state index contributed by atoms with van der Waals surface area (Å²) in [6.45, 7) is 10.7. The molecule has 0 spiro atoms. The minimum Gasteiger partial charge on any atom is -0.481 e. The molecule has 2 atom stereocenters. The second-order valence-electron chi connectivity index (χ2n) is 8.13. The first kappa shape index (κ1) is 20.7. The quantitative estimate of drug-likeness (QED) is 0.759. The van der Waals surface area contributed by atoms with Crippen LogP contribution in [-0.4, -0.2) is 49.4 Å². The van der Waals surface area contributed by atoms with E-state index in [0.29, 0.717) is 18.7 Å². The highest BCUT2D eigenvalue weighted by Gasteiger charge is 2.36. The van der Waals surface area contributed by atoms with Gasteiger partial charge in [0.1, 0.15) is 5.75 Å². The van der Waals surface area contributed by atoms with Gasteiger partial charge < -0.3 is 9.64 Å². The van der Waals surface area contributed by atoms with Crippen LogP contribution in [0.3, 0.4) is 0 Å². The molecule has 0 saturated carbocycles.